The van der Waals surface area contributed by atoms with Gasteiger partial charge >= 0.3 is 0 Å². The van der Waals surface area contributed by atoms with Gasteiger partial charge in [0, 0.05) is 13.1 Å². The van der Waals surface area contributed by atoms with Crippen LogP contribution in [-0.4, -0.2) is 37.6 Å². The average molecular weight is 258 g/mol. The van der Waals surface area contributed by atoms with Crippen molar-refractivity contribution < 1.29 is 4.79 Å². The molecular formula is C13H26N2OS. The fourth-order valence-electron chi connectivity index (χ4n) is 2.16. The number of hydrogen-bond donors (Lipinski definition) is 2. The van der Waals surface area contributed by atoms with Crippen molar-refractivity contribution >= 4 is 17.7 Å². The van der Waals surface area contributed by atoms with E-state index in [2.05, 4.69) is 16.9 Å². The summed E-state index contributed by atoms with van der Waals surface area (Å²) in [5.41, 5.74) is 0. The number of amides is 1. The maximum atomic E-state index is 11.8. The number of rotatable bonds is 8. The highest BCUT2D eigenvalue weighted by Gasteiger charge is 2.19. The third kappa shape index (κ3) is 6.94. The maximum Gasteiger partial charge on any atom is 0.224 e. The van der Waals surface area contributed by atoms with E-state index in [1.165, 1.54) is 25.0 Å². The summed E-state index contributed by atoms with van der Waals surface area (Å²) >= 11 is 1.91. The molecule has 1 amide bonds. The second-order valence-corrected chi connectivity index (χ2v) is 5.73. The lowest BCUT2D eigenvalue weighted by Gasteiger charge is -2.21. The summed E-state index contributed by atoms with van der Waals surface area (Å²) in [6.07, 6.45) is 9.30. The van der Waals surface area contributed by atoms with Gasteiger partial charge in [-0.15, -0.1) is 0 Å². The monoisotopic (exact) mass is 258 g/mol. The third-order valence-corrected chi connectivity index (χ3v) is 3.94. The summed E-state index contributed by atoms with van der Waals surface area (Å²) < 4.78 is 0. The molecule has 1 fully saturated rings. The number of carbonyl (C=O) groups excluding carboxylic acids is 1. The van der Waals surface area contributed by atoms with Crippen LogP contribution in [0.3, 0.4) is 0 Å². The van der Waals surface area contributed by atoms with E-state index in [4.69, 9.17) is 0 Å². The Hall–Kier alpha value is -0.220. The Labute approximate surface area is 109 Å². The van der Waals surface area contributed by atoms with Crippen molar-refractivity contribution in [3.63, 3.8) is 0 Å². The number of unbranched alkanes of at least 4 members (excludes halogenated alkanes) is 3. The first-order chi connectivity index (χ1) is 8.34. The minimum absolute atomic E-state index is 0.209. The number of carbonyl (C=O) groups is 1. The molecule has 0 aliphatic carbocycles. The van der Waals surface area contributed by atoms with Gasteiger partial charge in [0.25, 0.3) is 0 Å². The predicted molar refractivity (Wildman–Crippen MR) is 75.5 cm³/mol. The minimum atomic E-state index is 0.209. The molecule has 0 radical (unpaired) electrons. The van der Waals surface area contributed by atoms with Gasteiger partial charge in [0.05, 0.1) is 5.92 Å². The van der Waals surface area contributed by atoms with Crippen molar-refractivity contribution in [3.05, 3.63) is 0 Å². The highest BCUT2D eigenvalue weighted by molar-refractivity contribution is 7.98. The Morgan fingerprint density at radius 2 is 2.18 bits per heavy atom. The quantitative estimate of drug-likeness (QED) is 0.655. The van der Waals surface area contributed by atoms with Gasteiger partial charge in [-0.1, -0.05) is 12.8 Å². The van der Waals surface area contributed by atoms with E-state index >= 15 is 0 Å². The number of hydrogen-bond acceptors (Lipinski definition) is 3. The first kappa shape index (κ1) is 14.8. The molecule has 1 heterocycles. The SMILES string of the molecule is CSCCCCCCNC(=O)[C@@H]1CCCNC1. The van der Waals surface area contributed by atoms with Crippen LogP contribution in [0.5, 0.6) is 0 Å². The summed E-state index contributed by atoms with van der Waals surface area (Å²) in [6.45, 7) is 2.79. The van der Waals surface area contributed by atoms with Gasteiger partial charge in [-0.2, -0.15) is 11.8 Å². The van der Waals surface area contributed by atoms with Crippen LogP contribution < -0.4 is 10.6 Å². The van der Waals surface area contributed by atoms with E-state index in [-0.39, 0.29) is 11.8 Å². The molecule has 2 N–H and O–H groups in total. The summed E-state index contributed by atoms with van der Waals surface area (Å²) in [7, 11) is 0. The molecule has 0 spiro atoms. The average Bonchev–Trinajstić information content (AvgIpc) is 2.38. The Morgan fingerprint density at radius 1 is 1.35 bits per heavy atom. The molecule has 4 heteroatoms. The van der Waals surface area contributed by atoms with Crippen LogP contribution in [0.15, 0.2) is 0 Å². The van der Waals surface area contributed by atoms with Crippen LogP contribution in [0.1, 0.15) is 38.5 Å². The van der Waals surface area contributed by atoms with Gasteiger partial charge in [0.2, 0.25) is 5.91 Å². The van der Waals surface area contributed by atoms with Crippen molar-refractivity contribution in [3.8, 4) is 0 Å². The number of piperidine rings is 1. The van der Waals surface area contributed by atoms with Crippen molar-refractivity contribution in [2.75, 3.05) is 31.6 Å². The molecule has 0 aromatic carbocycles. The van der Waals surface area contributed by atoms with E-state index in [0.29, 0.717) is 0 Å². The summed E-state index contributed by atoms with van der Waals surface area (Å²) in [5.74, 6) is 1.72. The van der Waals surface area contributed by atoms with Gasteiger partial charge < -0.3 is 10.6 Å². The lowest BCUT2D eigenvalue weighted by molar-refractivity contribution is -0.125. The molecule has 1 rings (SSSR count). The smallest absolute Gasteiger partial charge is 0.224 e. The molecule has 3 nitrogen and oxygen atoms in total. The van der Waals surface area contributed by atoms with Crippen LogP contribution >= 0.6 is 11.8 Å². The van der Waals surface area contributed by atoms with Crippen LogP contribution in [0, 0.1) is 5.92 Å². The van der Waals surface area contributed by atoms with Crippen LogP contribution in [0.25, 0.3) is 0 Å². The van der Waals surface area contributed by atoms with E-state index < -0.39 is 0 Å². The van der Waals surface area contributed by atoms with Crippen LogP contribution in [0.2, 0.25) is 0 Å². The highest BCUT2D eigenvalue weighted by Crippen LogP contribution is 2.09. The zero-order valence-electron chi connectivity index (χ0n) is 11.0. The molecule has 0 aromatic heterocycles. The van der Waals surface area contributed by atoms with Crippen LogP contribution in [0.4, 0.5) is 0 Å². The van der Waals surface area contributed by atoms with E-state index in [0.717, 1.165) is 38.9 Å². The van der Waals surface area contributed by atoms with Gasteiger partial charge in [0.15, 0.2) is 0 Å². The van der Waals surface area contributed by atoms with Crippen molar-refractivity contribution in [2.24, 2.45) is 5.92 Å². The molecule has 0 unspecified atom stereocenters. The van der Waals surface area contributed by atoms with Crippen molar-refractivity contribution in [1.82, 2.24) is 10.6 Å². The molecule has 0 bridgehead atoms. The first-order valence-corrected chi connectivity index (χ1v) is 8.21. The predicted octanol–water partition coefficient (Wildman–Crippen LogP) is 2.03. The fraction of sp³-hybridized carbons (Fsp3) is 0.923. The summed E-state index contributed by atoms with van der Waals surface area (Å²) in [4.78, 5) is 11.8. The lowest BCUT2D eigenvalue weighted by Crippen LogP contribution is -2.40. The van der Waals surface area contributed by atoms with E-state index in [9.17, 15) is 4.79 Å². The Balaban J connectivity index is 1.92. The Kier molecular flexibility index (Phi) is 8.53. The standard InChI is InChI=1S/C13H26N2OS/c1-17-10-5-3-2-4-9-15-13(16)12-7-6-8-14-11-12/h12,14H,2-11H2,1H3,(H,15,16)/t12-/m1/s1. The zero-order chi connectivity index (χ0) is 12.3. The Bertz CT molecular complexity index is 206. The normalized spacial score (nSPS) is 20.2. The van der Waals surface area contributed by atoms with Gasteiger partial charge in [-0.3, -0.25) is 4.79 Å². The van der Waals surface area contributed by atoms with Gasteiger partial charge in [0.1, 0.15) is 0 Å². The molecule has 1 aliphatic rings. The minimum Gasteiger partial charge on any atom is -0.356 e. The van der Waals surface area contributed by atoms with Gasteiger partial charge in [-0.25, -0.2) is 0 Å². The van der Waals surface area contributed by atoms with E-state index in [1.54, 1.807) is 0 Å². The maximum absolute atomic E-state index is 11.8. The number of thioether (sulfide) groups is 1. The van der Waals surface area contributed by atoms with E-state index in [1.807, 2.05) is 11.8 Å². The second-order valence-electron chi connectivity index (χ2n) is 4.74. The molecular weight excluding hydrogens is 232 g/mol. The molecule has 0 aromatic rings. The Morgan fingerprint density at radius 3 is 2.88 bits per heavy atom. The molecule has 17 heavy (non-hydrogen) atoms. The van der Waals surface area contributed by atoms with Crippen LogP contribution in [-0.2, 0) is 4.79 Å². The van der Waals surface area contributed by atoms with Crippen molar-refractivity contribution in [2.45, 2.75) is 38.5 Å². The molecule has 1 atom stereocenters. The fourth-order valence-corrected chi connectivity index (χ4v) is 2.65. The third-order valence-electron chi connectivity index (χ3n) is 3.24. The summed E-state index contributed by atoms with van der Waals surface area (Å²) in [5, 5.41) is 6.34. The molecule has 100 valence electrons. The molecule has 1 aliphatic heterocycles. The van der Waals surface area contributed by atoms with Crippen molar-refractivity contribution in [1.29, 1.82) is 0 Å². The molecule has 0 saturated carbocycles. The highest BCUT2D eigenvalue weighted by atomic mass is 32.2. The second kappa shape index (κ2) is 9.77. The lowest BCUT2D eigenvalue weighted by atomic mass is 9.99. The van der Waals surface area contributed by atoms with Gasteiger partial charge in [-0.05, 0) is 44.2 Å². The topological polar surface area (TPSA) is 41.1 Å². The first-order valence-electron chi connectivity index (χ1n) is 6.82. The molecule has 1 saturated heterocycles. The number of nitrogens with one attached hydrogen (secondary N) is 2. The largest absolute Gasteiger partial charge is 0.356 e. The zero-order valence-corrected chi connectivity index (χ0v) is 11.8. The summed E-state index contributed by atoms with van der Waals surface area (Å²) in [6, 6.07) is 0.